The Morgan fingerprint density at radius 2 is 2.14 bits per heavy atom. The van der Waals surface area contributed by atoms with Crippen LogP contribution in [0.2, 0.25) is 0 Å². The normalized spacial score (nSPS) is 15.2. The molecule has 0 radical (unpaired) electrons. The maximum absolute atomic E-state index is 11.7. The molecular formula is C12H19ClN4O4. The maximum Gasteiger partial charge on any atom is 0.433 e. The van der Waals surface area contributed by atoms with Gasteiger partial charge in [-0.1, -0.05) is 0 Å². The molecule has 2 N–H and O–H groups in total. The van der Waals surface area contributed by atoms with Crippen LogP contribution in [0.25, 0.3) is 0 Å². The van der Waals surface area contributed by atoms with E-state index in [4.69, 9.17) is 4.42 Å². The summed E-state index contributed by atoms with van der Waals surface area (Å²) in [4.78, 5) is 23.8. The van der Waals surface area contributed by atoms with E-state index >= 15 is 0 Å². The number of furan rings is 1. The van der Waals surface area contributed by atoms with Crippen molar-refractivity contribution in [1.82, 2.24) is 15.5 Å². The minimum atomic E-state index is -0.666. The van der Waals surface area contributed by atoms with Gasteiger partial charge in [0.2, 0.25) is 0 Å². The van der Waals surface area contributed by atoms with Gasteiger partial charge in [-0.05, 0) is 19.0 Å². The van der Waals surface area contributed by atoms with Crippen LogP contribution >= 0.6 is 12.4 Å². The summed E-state index contributed by atoms with van der Waals surface area (Å²) in [5, 5.41) is 16.4. The van der Waals surface area contributed by atoms with Gasteiger partial charge in [-0.25, -0.2) is 0 Å². The number of halogens is 1. The molecule has 1 amide bonds. The first-order valence-electron chi connectivity index (χ1n) is 6.62. The van der Waals surface area contributed by atoms with E-state index in [0.29, 0.717) is 6.54 Å². The predicted octanol–water partition coefficient (Wildman–Crippen LogP) is 0.635. The zero-order chi connectivity index (χ0) is 14.4. The van der Waals surface area contributed by atoms with Gasteiger partial charge < -0.3 is 20.0 Å². The molecule has 1 aromatic heterocycles. The summed E-state index contributed by atoms with van der Waals surface area (Å²) >= 11 is 0. The number of nitrogens with one attached hydrogen (secondary N) is 2. The first-order chi connectivity index (χ1) is 9.66. The number of nitro groups is 1. The van der Waals surface area contributed by atoms with Crippen LogP contribution in [0.3, 0.4) is 0 Å². The number of hydrogen-bond donors (Lipinski definition) is 2. The van der Waals surface area contributed by atoms with Gasteiger partial charge in [0.05, 0.1) is 6.07 Å². The lowest BCUT2D eigenvalue weighted by molar-refractivity contribution is -0.402. The second-order valence-corrected chi connectivity index (χ2v) is 4.60. The smallest absolute Gasteiger partial charge is 0.395 e. The molecule has 0 aromatic carbocycles. The number of carbonyl (C=O) groups is 1. The summed E-state index contributed by atoms with van der Waals surface area (Å²) in [5.41, 5.74) is 0. The highest BCUT2D eigenvalue weighted by Crippen LogP contribution is 2.15. The fraction of sp³-hybridized carbons (Fsp3) is 0.583. The Labute approximate surface area is 128 Å². The van der Waals surface area contributed by atoms with E-state index in [1.807, 2.05) is 0 Å². The van der Waals surface area contributed by atoms with Crippen molar-refractivity contribution in [2.45, 2.75) is 6.42 Å². The minimum absolute atomic E-state index is 0. The third kappa shape index (κ3) is 5.33. The van der Waals surface area contributed by atoms with Crippen molar-refractivity contribution in [3.63, 3.8) is 0 Å². The SMILES string of the molecule is Cl.O=C(NCCCN1CCNCC1)c1ccc([N+](=O)[O-])o1. The summed E-state index contributed by atoms with van der Waals surface area (Å²) in [7, 11) is 0. The van der Waals surface area contributed by atoms with Crippen LogP contribution in [0.5, 0.6) is 0 Å². The van der Waals surface area contributed by atoms with Crippen LogP contribution in [-0.4, -0.2) is 55.0 Å². The molecule has 1 aromatic rings. The molecule has 0 saturated carbocycles. The van der Waals surface area contributed by atoms with Gasteiger partial charge in [-0.2, -0.15) is 0 Å². The zero-order valence-electron chi connectivity index (χ0n) is 11.5. The van der Waals surface area contributed by atoms with E-state index in [2.05, 4.69) is 15.5 Å². The Bertz CT molecular complexity index is 474. The quantitative estimate of drug-likeness (QED) is 0.453. The van der Waals surface area contributed by atoms with Crippen LogP contribution in [0.15, 0.2) is 16.5 Å². The lowest BCUT2D eigenvalue weighted by Crippen LogP contribution is -2.44. The largest absolute Gasteiger partial charge is 0.433 e. The first-order valence-corrected chi connectivity index (χ1v) is 6.62. The Morgan fingerprint density at radius 1 is 1.43 bits per heavy atom. The Morgan fingerprint density at radius 3 is 2.76 bits per heavy atom. The van der Waals surface area contributed by atoms with Crippen molar-refractivity contribution in [1.29, 1.82) is 0 Å². The minimum Gasteiger partial charge on any atom is -0.395 e. The summed E-state index contributed by atoms with van der Waals surface area (Å²) in [6.45, 7) is 5.51. The molecule has 9 heteroatoms. The third-order valence-corrected chi connectivity index (χ3v) is 3.14. The zero-order valence-corrected chi connectivity index (χ0v) is 12.4. The Kier molecular flexibility index (Phi) is 7.13. The molecule has 0 unspecified atom stereocenters. The van der Waals surface area contributed by atoms with Crippen molar-refractivity contribution in [2.75, 3.05) is 39.3 Å². The predicted molar refractivity (Wildman–Crippen MR) is 78.9 cm³/mol. The van der Waals surface area contributed by atoms with E-state index in [-0.39, 0.29) is 18.2 Å². The second kappa shape index (κ2) is 8.60. The molecule has 2 rings (SSSR count). The lowest BCUT2D eigenvalue weighted by atomic mass is 10.3. The highest BCUT2D eigenvalue weighted by molar-refractivity contribution is 5.91. The molecule has 1 saturated heterocycles. The van der Waals surface area contributed by atoms with Crippen molar-refractivity contribution in [3.05, 3.63) is 28.0 Å². The van der Waals surface area contributed by atoms with Crippen molar-refractivity contribution in [2.24, 2.45) is 0 Å². The van der Waals surface area contributed by atoms with Gasteiger partial charge in [0.25, 0.3) is 5.91 Å². The van der Waals surface area contributed by atoms with E-state index in [1.165, 1.54) is 12.1 Å². The molecule has 0 bridgehead atoms. The molecule has 8 nitrogen and oxygen atoms in total. The second-order valence-electron chi connectivity index (χ2n) is 4.60. The van der Waals surface area contributed by atoms with E-state index < -0.39 is 16.7 Å². The number of rotatable bonds is 6. The fourth-order valence-electron chi connectivity index (χ4n) is 2.07. The summed E-state index contributed by atoms with van der Waals surface area (Å²) in [6.07, 6.45) is 0.842. The highest BCUT2D eigenvalue weighted by atomic mass is 35.5. The fourth-order valence-corrected chi connectivity index (χ4v) is 2.07. The van der Waals surface area contributed by atoms with Gasteiger partial charge in [0.1, 0.15) is 4.92 Å². The van der Waals surface area contributed by atoms with Crippen LogP contribution in [-0.2, 0) is 0 Å². The van der Waals surface area contributed by atoms with Gasteiger partial charge in [-0.3, -0.25) is 14.9 Å². The Balaban J connectivity index is 0.00000220. The number of piperazine rings is 1. The van der Waals surface area contributed by atoms with E-state index in [0.717, 1.165) is 39.1 Å². The van der Waals surface area contributed by atoms with Crippen LogP contribution in [0.1, 0.15) is 17.0 Å². The topological polar surface area (TPSA) is 101 Å². The average molecular weight is 319 g/mol. The first kappa shape index (κ1) is 17.4. The molecule has 0 aliphatic carbocycles. The molecule has 0 atom stereocenters. The molecule has 1 aliphatic rings. The van der Waals surface area contributed by atoms with Crippen molar-refractivity contribution in [3.8, 4) is 0 Å². The van der Waals surface area contributed by atoms with Gasteiger partial charge in [0, 0.05) is 32.7 Å². The van der Waals surface area contributed by atoms with Crippen LogP contribution in [0, 0.1) is 10.1 Å². The highest BCUT2D eigenvalue weighted by Gasteiger charge is 2.16. The monoisotopic (exact) mass is 318 g/mol. The molecule has 1 aliphatic heterocycles. The molecule has 2 heterocycles. The third-order valence-electron chi connectivity index (χ3n) is 3.14. The number of nitrogens with zero attached hydrogens (tertiary/aromatic N) is 2. The van der Waals surface area contributed by atoms with E-state index in [1.54, 1.807) is 0 Å². The summed E-state index contributed by atoms with van der Waals surface area (Å²) in [6, 6.07) is 2.49. The molecule has 118 valence electrons. The average Bonchev–Trinajstić information content (AvgIpc) is 2.94. The van der Waals surface area contributed by atoms with Gasteiger partial charge in [-0.15, -0.1) is 12.4 Å². The molecular weight excluding hydrogens is 300 g/mol. The van der Waals surface area contributed by atoms with Gasteiger partial charge >= 0.3 is 5.88 Å². The van der Waals surface area contributed by atoms with Crippen LogP contribution in [0.4, 0.5) is 5.88 Å². The molecule has 0 spiro atoms. The number of amides is 1. The van der Waals surface area contributed by atoms with E-state index in [9.17, 15) is 14.9 Å². The number of carbonyl (C=O) groups excluding carboxylic acids is 1. The van der Waals surface area contributed by atoms with Gasteiger partial charge in [0.15, 0.2) is 5.76 Å². The summed E-state index contributed by atoms with van der Waals surface area (Å²) < 4.78 is 4.82. The molecule has 21 heavy (non-hydrogen) atoms. The maximum atomic E-state index is 11.7. The van der Waals surface area contributed by atoms with Crippen molar-refractivity contribution >= 4 is 24.2 Å². The number of hydrogen-bond acceptors (Lipinski definition) is 6. The Hall–Kier alpha value is -1.64. The summed E-state index contributed by atoms with van der Waals surface area (Å²) in [5.74, 6) is -0.867. The van der Waals surface area contributed by atoms with Crippen LogP contribution < -0.4 is 10.6 Å². The standard InChI is InChI=1S/C12H18N4O4.ClH/c17-12(10-2-3-11(20-10)16(18)19)14-4-1-7-15-8-5-13-6-9-15;/h2-3,13H,1,4-9H2,(H,14,17);1H. The lowest BCUT2D eigenvalue weighted by Gasteiger charge is -2.26. The molecule has 1 fully saturated rings. The van der Waals surface area contributed by atoms with Crippen molar-refractivity contribution < 1.29 is 14.1 Å².